The highest BCUT2D eigenvalue weighted by Crippen LogP contribution is 2.23. The summed E-state index contributed by atoms with van der Waals surface area (Å²) in [6, 6.07) is 14.5. The van der Waals surface area contributed by atoms with E-state index in [2.05, 4.69) is 9.97 Å². The maximum absolute atomic E-state index is 12.0. The van der Waals surface area contributed by atoms with Crippen molar-refractivity contribution in [3.63, 3.8) is 0 Å². The predicted octanol–water partition coefficient (Wildman–Crippen LogP) is 7.76. The Bertz CT molecular complexity index is 1010. The Hall–Kier alpha value is -3.28. The van der Waals surface area contributed by atoms with Gasteiger partial charge in [0.05, 0.1) is 42.6 Å². The van der Waals surface area contributed by atoms with Crippen LogP contribution in [0.3, 0.4) is 0 Å². The summed E-state index contributed by atoms with van der Waals surface area (Å²) in [5, 5.41) is 9.02. The maximum Gasteiger partial charge on any atom is 0.335 e. The molecule has 1 N–H and O–H groups in total. The molecule has 1 aromatic heterocycles. The van der Waals surface area contributed by atoms with Crippen molar-refractivity contribution in [1.82, 2.24) is 9.97 Å². The van der Waals surface area contributed by atoms with Gasteiger partial charge in [0.25, 0.3) is 0 Å². The lowest BCUT2D eigenvalue weighted by molar-refractivity contribution is 0.0697. The third kappa shape index (κ3) is 9.12. The van der Waals surface area contributed by atoms with Crippen LogP contribution in [0, 0.1) is 0 Å². The van der Waals surface area contributed by atoms with Gasteiger partial charge in [-0.2, -0.15) is 0 Å². The van der Waals surface area contributed by atoms with Gasteiger partial charge in [-0.1, -0.05) is 63.5 Å². The molecule has 0 amide bonds. The average molecular weight is 479 g/mol. The Morgan fingerprint density at radius 1 is 0.686 bits per heavy atom. The summed E-state index contributed by atoms with van der Waals surface area (Å²) in [5.41, 5.74) is 3.49. The van der Waals surface area contributed by atoms with Gasteiger partial charge in [-0.15, -0.1) is 0 Å². The number of nitrogens with zero attached hydrogens (tertiary/aromatic N) is 2. The minimum absolute atomic E-state index is 0.176. The average Bonchev–Trinajstić information content (AvgIpc) is 2.90. The van der Waals surface area contributed by atoms with Crippen molar-refractivity contribution in [3.05, 3.63) is 66.5 Å². The first-order chi connectivity index (χ1) is 17.2. The molecule has 3 rings (SSSR count). The van der Waals surface area contributed by atoms with E-state index in [0.29, 0.717) is 5.69 Å². The second kappa shape index (κ2) is 14.9. The minimum atomic E-state index is -0.949. The Morgan fingerprint density at radius 3 is 1.60 bits per heavy atom. The van der Waals surface area contributed by atoms with Gasteiger partial charge in [0.1, 0.15) is 5.75 Å². The van der Waals surface area contributed by atoms with Crippen molar-refractivity contribution >= 4 is 5.97 Å². The number of carboxylic acid groups (broad SMARTS) is 1. The molecule has 0 aliphatic heterocycles. The summed E-state index contributed by atoms with van der Waals surface area (Å²) < 4.78 is 17.9. The lowest BCUT2D eigenvalue weighted by atomic mass is 10.1. The minimum Gasteiger partial charge on any atom is -0.494 e. The van der Waals surface area contributed by atoms with Crippen LogP contribution in [0.4, 0.5) is 4.39 Å². The third-order valence-electron chi connectivity index (χ3n) is 6.03. The lowest BCUT2D eigenvalue weighted by Crippen LogP contribution is -1.97. The van der Waals surface area contributed by atoms with Gasteiger partial charge in [0.2, 0.25) is 0 Å². The van der Waals surface area contributed by atoms with Crippen molar-refractivity contribution in [2.24, 2.45) is 0 Å². The van der Waals surface area contributed by atoms with Gasteiger partial charge in [-0.3, -0.25) is 14.4 Å². The number of carbonyl (C=O) groups is 1. The Balaban J connectivity index is 1.34. The summed E-state index contributed by atoms with van der Waals surface area (Å²) in [6.07, 6.45) is 14.9. The fourth-order valence-corrected chi connectivity index (χ4v) is 3.93. The van der Waals surface area contributed by atoms with Gasteiger partial charge >= 0.3 is 5.97 Å². The molecule has 186 valence electrons. The van der Waals surface area contributed by atoms with E-state index in [9.17, 15) is 9.18 Å². The number of ether oxygens (including phenoxy) is 1. The molecule has 0 aliphatic carbocycles. The van der Waals surface area contributed by atoms with Crippen molar-refractivity contribution in [2.45, 2.75) is 64.2 Å². The number of benzene rings is 2. The number of aromatic nitrogens is 2. The largest absolute Gasteiger partial charge is 0.494 e. The normalized spacial score (nSPS) is 10.9. The van der Waals surface area contributed by atoms with Crippen molar-refractivity contribution in [1.29, 1.82) is 0 Å². The first-order valence-electron chi connectivity index (χ1n) is 12.6. The lowest BCUT2D eigenvalue weighted by Gasteiger charge is -2.08. The Morgan fingerprint density at radius 2 is 1.14 bits per heavy atom. The fourth-order valence-electron chi connectivity index (χ4n) is 3.93. The molecule has 0 atom stereocenters. The van der Waals surface area contributed by atoms with E-state index in [0.717, 1.165) is 48.4 Å². The summed E-state index contributed by atoms with van der Waals surface area (Å²) in [5.74, 6) is -0.0968. The van der Waals surface area contributed by atoms with Crippen LogP contribution in [-0.4, -0.2) is 34.3 Å². The second-order valence-electron chi connectivity index (χ2n) is 8.77. The van der Waals surface area contributed by atoms with Gasteiger partial charge in [0, 0.05) is 11.1 Å². The number of carboxylic acids is 1. The van der Waals surface area contributed by atoms with Crippen LogP contribution >= 0.6 is 0 Å². The molecule has 2 aromatic carbocycles. The molecule has 0 aliphatic rings. The topological polar surface area (TPSA) is 72.3 Å². The van der Waals surface area contributed by atoms with Gasteiger partial charge in [-0.25, -0.2) is 4.79 Å². The summed E-state index contributed by atoms with van der Waals surface area (Å²) in [4.78, 5) is 20.0. The van der Waals surface area contributed by atoms with Crippen LogP contribution in [0.2, 0.25) is 0 Å². The molecule has 6 heteroatoms. The highest BCUT2D eigenvalue weighted by molar-refractivity contribution is 5.88. The highest BCUT2D eigenvalue weighted by atomic mass is 19.1. The predicted molar refractivity (Wildman–Crippen MR) is 138 cm³/mol. The van der Waals surface area contributed by atoms with Gasteiger partial charge < -0.3 is 9.84 Å². The molecule has 0 saturated heterocycles. The quantitative estimate of drug-likeness (QED) is 0.213. The van der Waals surface area contributed by atoms with Crippen molar-refractivity contribution in [3.8, 4) is 28.3 Å². The smallest absolute Gasteiger partial charge is 0.335 e. The second-order valence-corrected chi connectivity index (χ2v) is 8.77. The van der Waals surface area contributed by atoms with E-state index >= 15 is 0 Å². The first-order valence-corrected chi connectivity index (χ1v) is 12.6. The fraction of sp³-hybridized carbons (Fsp3) is 0.414. The molecule has 0 fully saturated rings. The zero-order chi connectivity index (χ0) is 24.7. The van der Waals surface area contributed by atoms with Crippen LogP contribution in [0.5, 0.6) is 5.75 Å². The summed E-state index contributed by atoms with van der Waals surface area (Å²) in [7, 11) is 0. The van der Waals surface area contributed by atoms with Crippen molar-refractivity contribution in [2.75, 3.05) is 13.3 Å². The van der Waals surface area contributed by atoms with Crippen LogP contribution in [0.1, 0.15) is 74.6 Å². The van der Waals surface area contributed by atoms with Crippen LogP contribution in [-0.2, 0) is 0 Å². The van der Waals surface area contributed by atoms with Crippen LogP contribution in [0.25, 0.3) is 22.5 Å². The number of hydrogen-bond donors (Lipinski definition) is 1. The SMILES string of the molecule is O=C(O)c1ccc(-c2cnc(-c3ccc(OCCCCCCCCCCCCF)cc3)cn2)cc1. The third-order valence-corrected chi connectivity index (χ3v) is 6.03. The molecule has 0 bridgehead atoms. The molecule has 5 nitrogen and oxygen atoms in total. The molecule has 1 heterocycles. The number of unbranched alkanes of at least 4 members (excludes halogenated alkanes) is 9. The van der Waals surface area contributed by atoms with Crippen LogP contribution < -0.4 is 4.74 Å². The molecule has 3 aromatic rings. The number of halogens is 1. The van der Waals surface area contributed by atoms with E-state index in [1.165, 1.54) is 44.9 Å². The van der Waals surface area contributed by atoms with Gasteiger partial charge in [0.15, 0.2) is 0 Å². The van der Waals surface area contributed by atoms with E-state index in [1.807, 2.05) is 24.3 Å². The summed E-state index contributed by atoms with van der Waals surface area (Å²) >= 11 is 0. The number of alkyl halides is 1. The Kier molecular flexibility index (Phi) is 11.2. The Labute approximate surface area is 207 Å². The molecular formula is C29H35FN2O3. The monoisotopic (exact) mass is 478 g/mol. The molecule has 0 radical (unpaired) electrons. The number of aromatic carboxylic acids is 1. The van der Waals surface area contributed by atoms with E-state index in [4.69, 9.17) is 9.84 Å². The summed E-state index contributed by atoms with van der Waals surface area (Å²) in [6.45, 7) is 0.544. The highest BCUT2D eigenvalue weighted by Gasteiger charge is 2.06. The van der Waals surface area contributed by atoms with E-state index in [-0.39, 0.29) is 12.2 Å². The first kappa shape index (κ1) is 26.3. The molecule has 0 spiro atoms. The molecular weight excluding hydrogens is 443 g/mol. The number of rotatable bonds is 16. The van der Waals surface area contributed by atoms with E-state index < -0.39 is 5.97 Å². The van der Waals surface area contributed by atoms with E-state index in [1.54, 1.807) is 36.7 Å². The van der Waals surface area contributed by atoms with Crippen LogP contribution in [0.15, 0.2) is 60.9 Å². The zero-order valence-corrected chi connectivity index (χ0v) is 20.3. The molecule has 0 unspecified atom stereocenters. The molecule has 0 saturated carbocycles. The standard InChI is InChI=1S/C29H35FN2O3/c30-19-9-7-5-3-1-2-4-6-8-10-20-35-26-17-15-24(16-18-26)28-22-31-27(21-32-28)23-11-13-25(14-12-23)29(33)34/h11-18,21-22H,1-10,19-20H2,(H,33,34). The zero-order valence-electron chi connectivity index (χ0n) is 20.3. The number of hydrogen-bond acceptors (Lipinski definition) is 4. The maximum atomic E-state index is 12.0. The van der Waals surface area contributed by atoms with Gasteiger partial charge in [-0.05, 0) is 49.2 Å². The molecule has 35 heavy (non-hydrogen) atoms. The van der Waals surface area contributed by atoms with Crippen molar-refractivity contribution < 1.29 is 19.0 Å².